The van der Waals surface area contributed by atoms with Crippen LogP contribution in [0.4, 0.5) is 5.82 Å². The van der Waals surface area contributed by atoms with E-state index in [0.717, 1.165) is 22.8 Å². The number of nitrogens with zero attached hydrogens (tertiary/aromatic N) is 1. The van der Waals surface area contributed by atoms with Gasteiger partial charge in [-0.15, -0.1) is 11.8 Å². The fraction of sp³-hybridized carbons (Fsp3) is 0.333. The molecule has 0 aromatic carbocycles. The first-order valence-electron chi connectivity index (χ1n) is 3.29. The average molecular weight is 169 g/mol. The lowest BCUT2D eigenvalue weighted by atomic mass is 10.2. The Morgan fingerprint density at radius 2 is 2.45 bits per heavy atom. The Hall–Kier alpha value is -0.970. The maximum Gasteiger partial charge on any atom is 0.347 e. The van der Waals surface area contributed by atoms with Gasteiger partial charge in [-0.2, -0.15) is 4.98 Å². The summed E-state index contributed by atoms with van der Waals surface area (Å²) in [7, 11) is 0. The smallest absolute Gasteiger partial charge is 0.347 e. The Balaban J connectivity index is 2.70. The summed E-state index contributed by atoms with van der Waals surface area (Å²) in [5.74, 6) is 1.45. The molecule has 2 heterocycles. The molecule has 58 valence electrons. The molecule has 0 amide bonds. The van der Waals surface area contributed by atoms with Crippen molar-refractivity contribution >= 4 is 17.6 Å². The van der Waals surface area contributed by atoms with Crippen molar-refractivity contribution in [3.63, 3.8) is 0 Å². The zero-order valence-corrected chi connectivity index (χ0v) is 6.57. The van der Waals surface area contributed by atoms with Crippen LogP contribution in [0.1, 0.15) is 5.56 Å². The van der Waals surface area contributed by atoms with Crippen molar-refractivity contribution in [3.05, 3.63) is 16.0 Å². The minimum absolute atomic E-state index is 0.351. The van der Waals surface area contributed by atoms with Gasteiger partial charge in [0.1, 0.15) is 10.8 Å². The standard InChI is InChI=1S/C6H7N3OS/c7-4-3-1-2-11-5(3)9-6(10)8-4/h1-2H2,(H3,7,8,9,10). The molecule has 0 bridgehead atoms. The average Bonchev–Trinajstić information content (AvgIpc) is 2.34. The van der Waals surface area contributed by atoms with Gasteiger partial charge in [0.15, 0.2) is 0 Å². The Kier molecular flexibility index (Phi) is 1.38. The predicted octanol–water partition coefficient (Wildman–Crippen LogP) is 0.000300. The summed E-state index contributed by atoms with van der Waals surface area (Å²) < 4.78 is 0. The number of thioether (sulfide) groups is 1. The van der Waals surface area contributed by atoms with Crippen molar-refractivity contribution in [2.24, 2.45) is 0 Å². The lowest BCUT2D eigenvalue weighted by Gasteiger charge is -1.98. The number of nitrogens with one attached hydrogen (secondary N) is 1. The number of hydrogen-bond donors (Lipinski definition) is 2. The summed E-state index contributed by atoms with van der Waals surface area (Å²) in [4.78, 5) is 17.0. The van der Waals surface area contributed by atoms with E-state index in [1.54, 1.807) is 11.8 Å². The van der Waals surface area contributed by atoms with Gasteiger partial charge in [0.2, 0.25) is 0 Å². The molecule has 1 aliphatic heterocycles. The fourth-order valence-corrected chi connectivity index (χ4v) is 2.14. The van der Waals surface area contributed by atoms with Gasteiger partial charge in [-0.25, -0.2) is 4.79 Å². The minimum atomic E-state index is -0.351. The Labute approximate surface area is 67.2 Å². The first kappa shape index (κ1) is 6.72. The second kappa shape index (κ2) is 2.27. The van der Waals surface area contributed by atoms with Crippen LogP contribution in [-0.2, 0) is 6.42 Å². The topological polar surface area (TPSA) is 71.8 Å². The van der Waals surface area contributed by atoms with Crippen LogP contribution in [0.3, 0.4) is 0 Å². The number of hydrogen-bond acceptors (Lipinski definition) is 4. The van der Waals surface area contributed by atoms with Crippen LogP contribution in [0.15, 0.2) is 9.82 Å². The highest BCUT2D eigenvalue weighted by molar-refractivity contribution is 7.99. The predicted molar refractivity (Wildman–Crippen MR) is 43.7 cm³/mol. The van der Waals surface area contributed by atoms with Crippen molar-refractivity contribution in [1.82, 2.24) is 9.97 Å². The molecule has 0 spiro atoms. The lowest BCUT2D eigenvalue weighted by Crippen LogP contribution is -2.14. The van der Waals surface area contributed by atoms with Gasteiger partial charge in [0.25, 0.3) is 0 Å². The van der Waals surface area contributed by atoms with Crippen LogP contribution in [0.25, 0.3) is 0 Å². The summed E-state index contributed by atoms with van der Waals surface area (Å²) in [6.45, 7) is 0. The molecule has 0 radical (unpaired) electrons. The first-order valence-corrected chi connectivity index (χ1v) is 4.27. The molecule has 5 heteroatoms. The summed E-state index contributed by atoms with van der Waals surface area (Å²) in [6.07, 6.45) is 0.912. The van der Waals surface area contributed by atoms with Crippen molar-refractivity contribution in [3.8, 4) is 0 Å². The molecule has 0 aliphatic carbocycles. The first-order chi connectivity index (χ1) is 5.27. The second-order valence-corrected chi connectivity index (χ2v) is 3.42. The SMILES string of the molecule is Nc1[nH]c(=O)nc2c1CCS2. The highest BCUT2D eigenvalue weighted by Gasteiger charge is 2.16. The second-order valence-electron chi connectivity index (χ2n) is 2.34. The van der Waals surface area contributed by atoms with Crippen LogP contribution in [-0.4, -0.2) is 15.7 Å². The van der Waals surface area contributed by atoms with Crippen molar-refractivity contribution in [1.29, 1.82) is 0 Å². The van der Waals surface area contributed by atoms with Crippen LogP contribution < -0.4 is 11.4 Å². The van der Waals surface area contributed by atoms with Crippen LogP contribution in [0.5, 0.6) is 0 Å². The summed E-state index contributed by atoms with van der Waals surface area (Å²) in [5.41, 5.74) is 6.21. The zero-order chi connectivity index (χ0) is 7.84. The highest BCUT2D eigenvalue weighted by Crippen LogP contribution is 2.30. The minimum Gasteiger partial charge on any atom is -0.385 e. The van der Waals surface area contributed by atoms with E-state index < -0.39 is 0 Å². The van der Waals surface area contributed by atoms with E-state index in [1.165, 1.54) is 0 Å². The Morgan fingerprint density at radius 1 is 1.64 bits per heavy atom. The van der Waals surface area contributed by atoms with E-state index in [4.69, 9.17) is 5.73 Å². The van der Waals surface area contributed by atoms with Gasteiger partial charge in [-0.05, 0) is 6.42 Å². The molecule has 0 atom stereocenters. The van der Waals surface area contributed by atoms with E-state index >= 15 is 0 Å². The maximum absolute atomic E-state index is 10.8. The normalized spacial score (nSPS) is 14.9. The Bertz CT molecular complexity index is 346. The molecule has 0 unspecified atom stereocenters. The quantitative estimate of drug-likeness (QED) is 0.536. The summed E-state index contributed by atoms with van der Waals surface area (Å²) >= 11 is 1.59. The van der Waals surface area contributed by atoms with Gasteiger partial charge in [0.05, 0.1) is 0 Å². The van der Waals surface area contributed by atoms with E-state index in [0.29, 0.717) is 5.82 Å². The molecule has 0 fully saturated rings. The van der Waals surface area contributed by atoms with E-state index in [9.17, 15) is 4.79 Å². The van der Waals surface area contributed by atoms with E-state index in [2.05, 4.69) is 9.97 Å². The summed E-state index contributed by atoms with van der Waals surface area (Å²) in [5, 5.41) is 0.797. The zero-order valence-electron chi connectivity index (χ0n) is 5.76. The molecule has 0 saturated heterocycles. The fourth-order valence-electron chi connectivity index (χ4n) is 1.10. The van der Waals surface area contributed by atoms with Gasteiger partial charge in [-0.3, -0.25) is 4.98 Å². The van der Waals surface area contributed by atoms with Gasteiger partial charge >= 0.3 is 5.69 Å². The van der Waals surface area contributed by atoms with Gasteiger partial charge in [0, 0.05) is 11.3 Å². The monoisotopic (exact) mass is 169 g/mol. The number of H-pyrrole nitrogens is 1. The highest BCUT2D eigenvalue weighted by atomic mass is 32.2. The van der Waals surface area contributed by atoms with Gasteiger partial charge < -0.3 is 5.73 Å². The van der Waals surface area contributed by atoms with E-state index in [-0.39, 0.29) is 5.69 Å². The van der Waals surface area contributed by atoms with Crippen LogP contribution in [0.2, 0.25) is 0 Å². The number of rotatable bonds is 0. The molecular weight excluding hydrogens is 162 g/mol. The maximum atomic E-state index is 10.8. The molecule has 2 rings (SSSR count). The Morgan fingerprint density at radius 3 is 3.27 bits per heavy atom. The molecule has 4 nitrogen and oxygen atoms in total. The third kappa shape index (κ3) is 1.01. The number of nitrogens with two attached hydrogens (primary N) is 1. The third-order valence-corrected chi connectivity index (χ3v) is 2.64. The van der Waals surface area contributed by atoms with Gasteiger partial charge in [-0.1, -0.05) is 0 Å². The number of aromatic nitrogens is 2. The lowest BCUT2D eigenvalue weighted by molar-refractivity contribution is 0.944. The van der Waals surface area contributed by atoms with Crippen LogP contribution in [0, 0.1) is 0 Å². The van der Waals surface area contributed by atoms with Crippen LogP contribution >= 0.6 is 11.8 Å². The molecule has 1 aliphatic rings. The number of nitrogen functional groups attached to an aromatic ring is 1. The molecule has 3 N–H and O–H groups in total. The van der Waals surface area contributed by atoms with E-state index in [1.807, 2.05) is 0 Å². The number of fused-ring (bicyclic) bond motifs is 1. The molecular formula is C6H7N3OS. The molecule has 1 aromatic heterocycles. The number of aromatic amines is 1. The molecule has 0 saturated carbocycles. The number of anilines is 1. The van der Waals surface area contributed by atoms with Crippen molar-refractivity contribution in [2.45, 2.75) is 11.4 Å². The molecule has 11 heavy (non-hydrogen) atoms. The van der Waals surface area contributed by atoms with Crippen molar-refractivity contribution in [2.75, 3.05) is 11.5 Å². The largest absolute Gasteiger partial charge is 0.385 e. The summed E-state index contributed by atoms with van der Waals surface area (Å²) in [6, 6.07) is 0. The third-order valence-electron chi connectivity index (χ3n) is 1.62. The van der Waals surface area contributed by atoms with Crippen molar-refractivity contribution < 1.29 is 0 Å². The molecule has 1 aromatic rings.